The first kappa shape index (κ1) is 30.3. The molecule has 1 atom stereocenters. The average Bonchev–Trinajstić information content (AvgIpc) is 3.00. The molecule has 1 aliphatic heterocycles. The summed E-state index contributed by atoms with van der Waals surface area (Å²) < 4.78 is 31.6. The average molecular weight is 608 g/mol. The number of nitrogens with zero attached hydrogens (tertiary/aromatic N) is 4. The maximum atomic E-state index is 14.7. The standard InChI is InChI=1S/C32H32ClF2N5O3/c1-21-30(38-15-13-37(14-16-38)20-29(41)23-9-5-10-24(33)17-23)31(42)40(19-28(36)22-7-3-2-4-8-22)32(43)39(21)18-25-26(34)11-6-12-27(25)35/h2-12,17,28H,13-16,18-20,36H2,1H3/t28-/m0/s1. The Morgan fingerprint density at radius 1 is 0.907 bits per heavy atom. The third-order valence-electron chi connectivity index (χ3n) is 7.84. The number of Topliss-reactive ketones (excluding diaryl/α,β-unsaturated/α-hetero) is 1. The summed E-state index contributed by atoms with van der Waals surface area (Å²) in [5, 5.41) is 0.486. The second kappa shape index (κ2) is 13.0. The minimum atomic E-state index is -0.787. The van der Waals surface area contributed by atoms with Gasteiger partial charge in [0, 0.05) is 54.1 Å². The van der Waals surface area contributed by atoms with Crippen LogP contribution in [0.15, 0.2) is 82.4 Å². The molecule has 0 spiro atoms. The van der Waals surface area contributed by atoms with Crippen molar-refractivity contribution in [2.45, 2.75) is 26.1 Å². The second-order valence-corrected chi connectivity index (χ2v) is 11.1. The highest BCUT2D eigenvalue weighted by atomic mass is 35.5. The number of benzene rings is 3. The number of ketones is 1. The summed E-state index contributed by atoms with van der Waals surface area (Å²) in [6.07, 6.45) is 0. The predicted octanol–water partition coefficient (Wildman–Crippen LogP) is 4.00. The van der Waals surface area contributed by atoms with Gasteiger partial charge in [-0.1, -0.05) is 60.1 Å². The number of rotatable bonds is 9. The molecule has 0 unspecified atom stereocenters. The molecule has 5 rings (SSSR count). The monoisotopic (exact) mass is 607 g/mol. The normalized spacial score (nSPS) is 14.6. The van der Waals surface area contributed by atoms with Gasteiger partial charge in [0.05, 0.1) is 19.6 Å². The lowest BCUT2D eigenvalue weighted by Crippen LogP contribution is -2.52. The van der Waals surface area contributed by atoms with Crippen molar-refractivity contribution in [2.75, 3.05) is 37.6 Å². The molecule has 8 nitrogen and oxygen atoms in total. The molecule has 224 valence electrons. The van der Waals surface area contributed by atoms with Crippen LogP contribution in [-0.4, -0.2) is 52.5 Å². The van der Waals surface area contributed by atoms with Crippen LogP contribution in [0.25, 0.3) is 0 Å². The Balaban J connectivity index is 1.46. The van der Waals surface area contributed by atoms with E-state index in [2.05, 4.69) is 0 Å². The van der Waals surface area contributed by atoms with Gasteiger partial charge in [-0.3, -0.25) is 23.6 Å². The fraction of sp³-hybridized carbons (Fsp3) is 0.281. The van der Waals surface area contributed by atoms with E-state index in [1.807, 2.05) is 40.1 Å². The molecule has 0 aliphatic carbocycles. The van der Waals surface area contributed by atoms with E-state index >= 15 is 0 Å². The number of aromatic nitrogens is 2. The summed E-state index contributed by atoms with van der Waals surface area (Å²) >= 11 is 6.04. The summed E-state index contributed by atoms with van der Waals surface area (Å²) in [6, 6.07) is 18.7. The van der Waals surface area contributed by atoms with Gasteiger partial charge in [0.25, 0.3) is 5.56 Å². The third kappa shape index (κ3) is 6.61. The molecule has 0 saturated carbocycles. The van der Waals surface area contributed by atoms with Crippen molar-refractivity contribution >= 4 is 23.1 Å². The zero-order chi connectivity index (χ0) is 30.7. The Morgan fingerprint density at radius 2 is 1.56 bits per heavy atom. The molecule has 11 heteroatoms. The molecule has 0 bridgehead atoms. The van der Waals surface area contributed by atoms with E-state index in [0.29, 0.717) is 42.5 Å². The number of hydrogen-bond donors (Lipinski definition) is 1. The molecule has 4 aromatic rings. The summed E-state index contributed by atoms with van der Waals surface area (Å²) in [6.45, 7) is 3.04. The number of carbonyl (C=O) groups excluding carboxylic acids is 1. The van der Waals surface area contributed by atoms with Crippen LogP contribution in [0.1, 0.15) is 33.2 Å². The van der Waals surface area contributed by atoms with Crippen molar-refractivity contribution in [3.05, 3.63) is 133 Å². The van der Waals surface area contributed by atoms with Gasteiger partial charge in [0.15, 0.2) is 5.78 Å². The van der Waals surface area contributed by atoms with E-state index in [0.717, 1.165) is 22.3 Å². The Labute approximate surface area is 252 Å². The zero-order valence-corrected chi connectivity index (χ0v) is 24.4. The molecule has 3 aromatic carbocycles. The van der Waals surface area contributed by atoms with Gasteiger partial charge in [-0.2, -0.15) is 0 Å². The Morgan fingerprint density at radius 3 is 2.21 bits per heavy atom. The van der Waals surface area contributed by atoms with E-state index in [1.54, 1.807) is 31.2 Å². The van der Waals surface area contributed by atoms with Crippen LogP contribution in [0, 0.1) is 18.6 Å². The molecule has 2 heterocycles. The minimum absolute atomic E-state index is 0.0650. The van der Waals surface area contributed by atoms with E-state index in [-0.39, 0.29) is 30.1 Å². The van der Waals surface area contributed by atoms with Gasteiger partial charge in [0.1, 0.15) is 17.3 Å². The molecule has 1 fully saturated rings. The number of hydrogen-bond acceptors (Lipinski definition) is 6. The van der Waals surface area contributed by atoms with E-state index in [1.165, 1.54) is 10.6 Å². The largest absolute Gasteiger partial charge is 0.363 e. The highest BCUT2D eigenvalue weighted by Gasteiger charge is 2.27. The van der Waals surface area contributed by atoms with E-state index in [9.17, 15) is 23.2 Å². The molecule has 2 N–H and O–H groups in total. The van der Waals surface area contributed by atoms with Gasteiger partial charge < -0.3 is 10.6 Å². The van der Waals surface area contributed by atoms with E-state index in [4.69, 9.17) is 17.3 Å². The molecule has 1 aliphatic rings. The molecule has 1 saturated heterocycles. The summed E-state index contributed by atoms with van der Waals surface area (Å²) in [5.74, 6) is -1.64. The van der Waals surface area contributed by atoms with Crippen LogP contribution < -0.4 is 21.9 Å². The first-order valence-corrected chi connectivity index (χ1v) is 14.4. The van der Waals surface area contributed by atoms with Gasteiger partial charge in [-0.05, 0) is 36.8 Å². The number of anilines is 1. The van der Waals surface area contributed by atoms with Crippen molar-refractivity contribution in [1.29, 1.82) is 0 Å². The quantitative estimate of drug-likeness (QED) is 0.289. The van der Waals surface area contributed by atoms with Gasteiger partial charge in [-0.25, -0.2) is 13.6 Å². The SMILES string of the molecule is Cc1c(N2CCN(CC(=O)c3cccc(Cl)c3)CC2)c(=O)n(C[C@H](N)c2ccccc2)c(=O)n1Cc1c(F)cccc1F. The van der Waals surface area contributed by atoms with Crippen molar-refractivity contribution in [3.63, 3.8) is 0 Å². The summed E-state index contributed by atoms with van der Waals surface area (Å²) in [4.78, 5) is 44.3. The minimum Gasteiger partial charge on any atom is -0.363 e. The number of carbonyl (C=O) groups is 1. The lowest BCUT2D eigenvalue weighted by molar-refractivity contribution is 0.0926. The number of halogens is 3. The molecule has 1 aromatic heterocycles. The number of nitrogens with two attached hydrogens (primary N) is 1. The second-order valence-electron chi connectivity index (χ2n) is 10.6. The van der Waals surface area contributed by atoms with Crippen LogP contribution in [0.2, 0.25) is 5.02 Å². The van der Waals surface area contributed by atoms with Crippen molar-refractivity contribution in [1.82, 2.24) is 14.0 Å². The highest BCUT2D eigenvalue weighted by molar-refractivity contribution is 6.31. The molecular formula is C32H32ClF2N5O3. The molecule has 43 heavy (non-hydrogen) atoms. The van der Waals surface area contributed by atoms with Crippen LogP contribution in [-0.2, 0) is 13.1 Å². The maximum Gasteiger partial charge on any atom is 0.331 e. The van der Waals surface area contributed by atoms with Crippen LogP contribution in [0.4, 0.5) is 14.5 Å². The fourth-order valence-corrected chi connectivity index (χ4v) is 5.62. The summed E-state index contributed by atoms with van der Waals surface area (Å²) in [5.41, 5.74) is 6.73. The number of piperazine rings is 1. The smallest absolute Gasteiger partial charge is 0.331 e. The Kier molecular flexibility index (Phi) is 9.19. The molecular weight excluding hydrogens is 576 g/mol. The first-order chi connectivity index (χ1) is 20.6. The predicted molar refractivity (Wildman–Crippen MR) is 163 cm³/mol. The van der Waals surface area contributed by atoms with Crippen LogP contribution in [0.5, 0.6) is 0 Å². The lowest BCUT2D eigenvalue weighted by Gasteiger charge is -2.36. The lowest BCUT2D eigenvalue weighted by atomic mass is 10.1. The van der Waals surface area contributed by atoms with Crippen LogP contribution in [0.3, 0.4) is 0 Å². The van der Waals surface area contributed by atoms with Crippen molar-refractivity contribution in [2.24, 2.45) is 5.73 Å². The van der Waals surface area contributed by atoms with Gasteiger partial charge >= 0.3 is 5.69 Å². The molecule has 0 amide bonds. The van der Waals surface area contributed by atoms with Gasteiger partial charge in [0.2, 0.25) is 0 Å². The third-order valence-corrected chi connectivity index (χ3v) is 8.08. The maximum absolute atomic E-state index is 14.7. The first-order valence-electron chi connectivity index (χ1n) is 14.0. The Hall–Kier alpha value is -4.12. The zero-order valence-electron chi connectivity index (χ0n) is 23.7. The molecule has 0 radical (unpaired) electrons. The topological polar surface area (TPSA) is 93.6 Å². The summed E-state index contributed by atoms with van der Waals surface area (Å²) in [7, 11) is 0. The van der Waals surface area contributed by atoms with E-state index < -0.39 is 35.5 Å². The van der Waals surface area contributed by atoms with Crippen molar-refractivity contribution < 1.29 is 13.6 Å². The highest BCUT2D eigenvalue weighted by Crippen LogP contribution is 2.21. The van der Waals surface area contributed by atoms with Crippen LogP contribution >= 0.6 is 11.6 Å². The Bertz CT molecular complexity index is 1730. The van der Waals surface area contributed by atoms with Gasteiger partial charge in [-0.15, -0.1) is 0 Å². The van der Waals surface area contributed by atoms with Crippen molar-refractivity contribution in [3.8, 4) is 0 Å². The fourth-order valence-electron chi connectivity index (χ4n) is 5.43.